The van der Waals surface area contributed by atoms with Crippen molar-refractivity contribution in [1.82, 2.24) is 0 Å². The maximum absolute atomic E-state index is 13.2. The molecular weight excluding hydrogens is 371 g/mol. The monoisotopic (exact) mass is 394 g/mol. The van der Waals surface area contributed by atoms with Gasteiger partial charge in [-0.25, -0.2) is 12.8 Å². The zero-order chi connectivity index (χ0) is 20.0. The lowest BCUT2D eigenvalue weighted by Crippen LogP contribution is -2.33. The molecule has 0 aliphatic heterocycles. The van der Waals surface area contributed by atoms with E-state index < -0.39 is 21.7 Å². The summed E-state index contributed by atoms with van der Waals surface area (Å²) in [5.74, 6) is -0.241. The van der Waals surface area contributed by atoms with Crippen molar-refractivity contribution in [3.63, 3.8) is 0 Å². The first-order valence-electron chi connectivity index (χ1n) is 8.45. The van der Waals surface area contributed by atoms with Gasteiger partial charge in [0.25, 0.3) is 0 Å². The fraction of sp³-hybridized carbons (Fsp3) is 0.316. The van der Waals surface area contributed by atoms with Crippen LogP contribution in [0.5, 0.6) is 5.75 Å². The number of carbonyl (C=O) groups is 1. The molecule has 8 heteroatoms. The predicted molar refractivity (Wildman–Crippen MR) is 104 cm³/mol. The van der Waals surface area contributed by atoms with E-state index in [2.05, 4.69) is 5.32 Å². The molecule has 27 heavy (non-hydrogen) atoms. The summed E-state index contributed by atoms with van der Waals surface area (Å²) in [6.45, 7) is 3.76. The average Bonchev–Trinajstić information content (AvgIpc) is 2.55. The van der Waals surface area contributed by atoms with Gasteiger partial charge in [-0.2, -0.15) is 0 Å². The van der Waals surface area contributed by atoms with Crippen LogP contribution < -0.4 is 14.4 Å². The van der Waals surface area contributed by atoms with Crippen molar-refractivity contribution in [3.8, 4) is 5.75 Å². The standard InChI is InChI=1S/C19H23FN2O4S/c1-14(2)26-18-9-7-17(8-10-18)22(27(3,24)25)12-11-19(23)21-16-6-4-5-15(20)13-16/h4-10,13-14H,11-12H2,1-3H3,(H,21,23). The van der Waals surface area contributed by atoms with E-state index in [1.165, 1.54) is 18.2 Å². The molecule has 0 saturated carbocycles. The highest BCUT2D eigenvalue weighted by Crippen LogP contribution is 2.22. The second-order valence-electron chi connectivity index (χ2n) is 6.30. The Kier molecular flexibility index (Phi) is 6.79. The molecule has 2 aromatic rings. The van der Waals surface area contributed by atoms with E-state index in [1.807, 2.05) is 13.8 Å². The third-order valence-corrected chi connectivity index (χ3v) is 4.74. The molecule has 0 saturated heterocycles. The van der Waals surface area contributed by atoms with E-state index >= 15 is 0 Å². The molecule has 0 spiro atoms. The summed E-state index contributed by atoms with van der Waals surface area (Å²) >= 11 is 0. The number of hydrogen-bond donors (Lipinski definition) is 1. The lowest BCUT2D eigenvalue weighted by atomic mass is 10.2. The van der Waals surface area contributed by atoms with Gasteiger partial charge in [-0.15, -0.1) is 0 Å². The van der Waals surface area contributed by atoms with Crippen LogP contribution in [0.3, 0.4) is 0 Å². The number of sulfonamides is 1. The summed E-state index contributed by atoms with van der Waals surface area (Å²) in [6.07, 6.45) is 1.01. The first-order chi connectivity index (χ1) is 12.6. The number of anilines is 2. The summed E-state index contributed by atoms with van der Waals surface area (Å²) in [4.78, 5) is 12.1. The molecule has 2 rings (SSSR count). The zero-order valence-corrected chi connectivity index (χ0v) is 16.3. The summed E-state index contributed by atoms with van der Waals surface area (Å²) in [7, 11) is -3.58. The van der Waals surface area contributed by atoms with Gasteiger partial charge in [0, 0.05) is 18.7 Å². The number of rotatable bonds is 8. The van der Waals surface area contributed by atoms with Crippen molar-refractivity contribution in [2.24, 2.45) is 0 Å². The summed E-state index contributed by atoms with van der Waals surface area (Å²) in [5, 5.41) is 2.55. The fourth-order valence-electron chi connectivity index (χ4n) is 2.44. The van der Waals surface area contributed by atoms with Crippen LogP contribution in [0.15, 0.2) is 48.5 Å². The SMILES string of the molecule is CC(C)Oc1ccc(N(CCC(=O)Nc2cccc(F)c2)S(C)(=O)=O)cc1. The van der Waals surface area contributed by atoms with Crippen LogP contribution in [0.25, 0.3) is 0 Å². The van der Waals surface area contributed by atoms with Gasteiger partial charge in [-0.05, 0) is 56.3 Å². The van der Waals surface area contributed by atoms with Crippen molar-refractivity contribution in [1.29, 1.82) is 0 Å². The molecule has 0 fully saturated rings. The van der Waals surface area contributed by atoms with Crippen LogP contribution in [-0.2, 0) is 14.8 Å². The Morgan fingerprint density at radius 1 is 1.19 bits per heavy atom. The first kappa shape index (κ1) is 20.7. The molecule has 0 unspecified atom stereocenters. The van der Waals surface area contributed by atoms with E-state index in [4.69, 9.17) is 4.74 Å². The molecule has 0 aliphatic rings. The van der Waals surface area contributed by atoms with Crippen molar-refractivity contribution in [2.75, 3.05) is 22.4 Å². The number of nitrogens with zero attached hydrogens (tertiary/aromatic N) is 1. The van der Waals surface area contributed by atoms with Gasteiger partial charge in [0.05, 0.1) is 18.0 Å². The summed E-state index contributed by atoms with van der Waals surface area (Å²) in [5.41, 5.74) is 0.758. The van der Waals surface area contributed by atoms with Crippen LogP contribution in [0.4, 0.5) is 15.8 Å². The highest BCUT2D eigenvalue weighted by Gasteiger charge is 2.19. The summed E-state index contributed by atoms with van der Waals surface area (Å²) < 4.78 is 44.1. The lowest BCUT2D eigenvalue weighted by molar-refractivity contribution is -0.116. The van der Waals surface area contributed by atoms with E-state index in [9.17, 15) is 17.6 Å². The highest BCUT2D eigenvalue weighted by atomic mass is 32.2. The maximum atomic E-state index is 13.2. The minimum atomic E-state index is -3.58. The fourth-order valence-corrected chi connectivity index (χ4v) is 3.37. The Bertz CT molecular complexity index is 883. The van der Waals surface area contributed by atoms with Crippen LogP contribution in [0.1, 0.15) is 20.3 Å². The number of ether oxygens (including phenoxy) is 1. The molecule has 2 aromatic carbocycles. The summed E-state index contributed by atoms with van der Waals surface area (Å²) in [6, 6.07) is 12.1. The molecule has 0 heterocycles. The second kappa shape index (κ2) is 8.85. The van der Waals surface area contributed by atoms with Gasteiger partial charge in [0.1, 0.15) is 11.6 Å². The van der Waals surface area contributed by atoms with Gasteiger partial charge in [-0.1, -0.05) is 6.07 Å². The Labute approximate surface area is 159 Å². The van der Waals surface area contributed by atoms with E-state index in [1.54, 1.807) is 30.3 Å². The number of amides is 1. The van der Waals surface area contributed by atoms with Crippen molar-refractivity contribution in [2.45, 2.75) is 26.4 Å². The molecule has 0 bridgehead atoms. The van der Waals surface area contributed by atoms with E-state index in [-0.39, 0.29) is 19.1 Å². The number of nitrogens with one attached hydrogen (secondary N) is 1. The first-order valence-corrected chi connectivity index (χ1v) is 10.3. The molecule has 1 amide bonds. The van der Waals surface area contributed by atoms with Crippen LogP contribution in [-0.4, -0.2) is 33.2 Å². The lowest BCUT2D eigenvalue weighted by Gasteiger charge is -2.22. The van der Waals surface area contributed by atoms with Crippen molar-refractivity contribution >= 4 is 27.3 Å². The molecule has 0 aliphatic carbocycles. The van der Waals surface area contributed by atoms with E-state index in [0.29, 0.717) is 17.1 Å². The topological polar surface area (TPSA) is 75.7 Å². The minimum absolute atomic E-state index is 0.00776. The minimum Gasteiger partial charge on any atom is -0.491 e. The van der Waals surface area contributed by atoms with Crippen molar-refractivity contribution in [3.05, 3.63) is 54.3 Å². The van der Waals surface area contributed by atoms with E-state index in [0.717, 1.165) is 10.6 Å². The zero-order valence-electron chi connectivity index (χ0n) is 15.5. The molecule has 146 valence electrons. The second-order valence-corrected chi connectivity index (χ2v) is 8.21. The van der Waals surface area contributed by atoms with Crippen LogP contribution in [0.2, 0.25) is 0 Å². The molecule has 1 N–H and O–H groups in total. The number of halogens is 1. The van der Waals surface area contributed by atoms with Gasteiger partial charge in [0.15, 0.2) is 0 Å². The Morgan fingerprint density at radius 2 is 1.85 bits per heavy atom. The normalized spacial score (nSPS) is 11.3. The van der Waals surface area contributed by atoms with Crippen LogP contribution in [0, 0.1) is 5.82 Å². The molecular formula is C19H23FN2O4S. The molecule has 0 atom stereocenters. The molecule has 0 radical (unpaired) electrons. The molecule has 0 aromatic heterocycles. The smallest absolute Gasteiger partial charge is 0.232 e. The quantitative estimate of drug-likeness (QED) is 0.745. The largest absolute Gasteiger partial charge is 0.491 e. The highest BCUT2D eigenvalue weighted by molar-refractivity contribution is 7.92. The third-order valence-electron chi connectivity index (χ3n) is 3.55. The number of benzene rings is 2. The van der Waals surface area contributed by atoms with Gasteiger partial charge in [-0.3, -0.25) is 9.10 Å². The number of carbonyl (C=O) groups excluding carboxylic acids is 1. The number of hydrogen-bond acceptors (Lipinski definition) is 4. The van der Waals surface area contributed by atoms with Gasteiger partial charge >= 0.3 is 0 Å². The third kappa shape index (κ3) is 6.56. The predicted octanol–water partition coefficient (Wildman–Crippen LogP) is 3.41. The van der Waals surface area contributed by atoms with Crippen LogP contribution >= 0.6 is 0 Å². The Morgan fingerprint density at radius 3 is 2.41 bits per heavy atom. The average molecular weight is 394 g/mol. The maximum Gasteiger partial charge on any atom is 0.232 e. The van der Waals surface area contributed by atoms with Gasteiger partial charge < -0.3 is 10.1 Å². The van der Waals surface area contributed by atoms with Gasteiger partial charge in [0.2, 0.25) is 15.9 Å². The van der Waals surface area contributed by atoms with Crippen molar-refractivity contribution < 1.29 is 22.3 Å². The molecule has 6 nitrogen and oxygen atoms in total. The Balaban J connectivity index is 2.05. The Hall–Kier alpha value is -2.61.